The zero-order chi connectivity index (χ0) is 19.5. The number of rotatable bonds is 5. The van der Waals surface area contributed by atoms with Gasteiger partial charge >= 0.3 is 0 Å². The molecule has 0 unspecified atom stereocenters. The van der Waals surface area contributed by atoms with Crippen molar-refractivity contribution in [1.82, 2.24) is 4.90 Å². The Morgan fingerprint density at radius 1 is 1.11 bits per heavy atom. The molecule has 1 fully saturated rings. The van der Waals surface area contributed by atoms with Crippen LogP contribution < -0.4 is 10.6 Å². The lowest BCUT2D eigenvalue weighted by Gasteiger charge is -2.37. The maximum atomic E-state index is 11.2. The summed E-state index contributed by atoms with van der Waals surface area (Å²) in [6, 6.07) is 14.1. The normalized spacial score (nSPS) is 20.0. The van der Waals surface area contributed by atoms with Gasteiger partial charge in [-0.05, 0) is 60.4 Å². The number of piperazine rings is 1. The average molecular weight is 444 g/mol. The minimum Gasteiger partial charge on any atom is -0.373 e. The number of carbonyl (C=O) groups excluding carboxylic acids is 1. The number of nitrogens with zero attached hydrogens (tertiary/aromatic N) is 2. The van der Waals surface area contributed by atoms with Crippen molar-refractivity contribution in [1.29, 1.82) is 0 Å². The van der Waals surface area contributed by atoms with Gasteiger partial charge in [0.25, 0.3) is 0 Å². The molecule has 28 heavy (non-hydrogen) atoms. The first-order valence-corrected chi connectivity index (χ1v) is 10.7. The number of amides is 1. The number of ether oxygens (including phenoxy) is 1. The van der Waals surface area contributed by atoms with Crippen molar-refractivity contribution in [3.05, 3.63) is 63.6 Å². The van der Waals surface area contributed by atoms with E-state index < -0.39 is 0 Å². The molecule has 2 N–H and O–H groups in total. The number of anilines is 1. The lowest BCUT2D eigenvalue weighted by atomic mass is 9.95. The van der Waals surface area contributed by atoms with Crippen LogP contribution in [0.1, 0.15) is 34.0 Å². The highest BCUT2D eigenvalue weighted by Crippen LogP contribution is 2.31. The minimum atomic E-state index is -0.379. The third-order valence-electron chi connectivity index (χ3n) is 5.74. The molecule has 2 heterocycles. The molecule has 2 aliphatic heterocycles. The van der Waals surface area contributed by atoms with Crippen LogP contribution in [0.25, 0.3) is 0 Å². The van der Waals surface area contributed by atoms with Gasteiger partial charge in [0.2, 0.25) is 5.91 Å². The van der Waals surface area contributed by atoms with Gasteiger partial charge < -0.3 is 15.4 Å². The van der Waals surface area contributed by atoms with Crippen molar-refractivity contribution in [2.24, 2.45) is 5.73 Å². The van der Waals surface area contributed by atoms with Gasteiger partial charge in [0.1, 0.15) is 0 Å². The maximum absolute atomic E-state index is 11.2. The van der Waals surface area contributed by atoms with Crippen LogP contribution >= 0.6 is 15.9 Å². The number of hydrogen-bond acceptors (Lipinski definition) is 4. The lowest BCUT2D eigenvalue weighted by molar-refractivity contribution is 0.0289. The van der Waals surface area contributed by atoms with Gasteiger partial charge in [0.05, 0.1) is 12.7 Å². The lowest BCUT2D eigenvalue weighted by Crippen LogP contribution is -2.47. The molecule has 0 spiro atoms. The molecule has 0 aromatic heterocycles. The SMILES string of the molecule is NC(=O)c1ccc(N2CCN(CC[C@@H]3OCCc4cc(Br)ccc43)CC2)cc1. The molecule has 1 amide bonds. The van der Waals surface area contributed by atoms with Gasteiger partial charge in [-0.15, -0.1) is 0 Å². The number of primary amides is 1. The number of benzene rings is 2. The van der Waals surface area contributed by atoms with Crippen LogP contribution in [-0.4, -0.2) is 50.1 Å². The second kappa shape index (κ2) is 8.64. The molecule has 5 nitrogen and oxygen atoms in total. The molecule has 0 aliphatic carbocycles. The maximum Gasteiger partial charge on any atom is 0.248 e. The summed E-state index contributed by atoms with van der Waals surface area (Å²) in [6.45, 7) is 5.92. The Morgan fingerprint density at radius 3 is 2.57 bits per heavy atom. The highest BCUT2D eigenvalue weighted by Gasteiger charge is 2.23. The summed E-state index contributed by atoms with van der Waals surface area (Å²) in [5, 5.41) is 0. The van der Waals surface area contributed by atoms with Crippen molar-refractivity contribution >= 4 is 27.5 Å². The first-order chi connectivity index (χ1) is 13.6. The topological polar surface area (TPSA) is 58.8 Å². The molecular weight excluding hydrogens is 418 g/mol. The zero-order valence-corrected chi connectivity index (χ0v) is 17.5. The summed E-state index contributed by atoms with van der Waals surface area (Å²) < 4.78 is 7.21. The first kappa shape index (κ1) is 19.4. The van der Waals surface area contributed by atoms with Crippen LogP contribution in [0.3, 0.4) is 0 Å². The molecule has 6 heteroatoms. The Balaban J connectivity index is 1.29. The van der Waals surface area contributed by atoms with E-state index in [1.54, 1.807) is 12.1 Å². The molecule has 0 bridgehead atoms. The van der Waals surface area contributed by atoms with Gasteiger partial charge in [-0.3, -0.25) is 9.69 Å². The van der Waals surface area contributed by atoms with E-state index in [-0.39, 0.29) is 12.0 Å². The van der Waals surface area contributed by atoms with E-state index in [2.05, 4.69) is 43.9 Å². The molecule has 2 aromatic carbocycles. The number of carbonyl (C=O) groups is 1. The molecule has 2 aromatic rings. The Labute approximate surface area is 174 Å². The van der Waals surface area contributed by atoms with Crippen LogP contribution in [0.2, 0.25) is 0 Å². The van der Waals surface area contributed by atoms with Gasteiger partial charge in [0.15, 0.2) is 0 Å². The van der Waals surface area contributed by atoms with Crippen LogP contribution in [-0.2, 0) is 11.2 Å². The highest BCUT2D eigenvalue weighted by atomic mass is 79.9. The number of hydrogen-bond donors (Lipinski definition) is 1. The molecule has 1 atom stereocenters. The Bertz CT molecular complexity index is 832. The summed E-state index contributed by atoms with van der Waals surface area (Å²) in [6.07, 6.45) is 2.23. The smallest absolute Gasteiger partial charge is 0.248 e. The van der Waals surface area contributed by atoms with E-state index >= 15 is 0 Å². The van der Waals surface area contributed by atoms with E-state index in [0.717, 1.165) is 62.3 Å². The van der Waals surface area contributed by atoms with Crippen molar-refractivity contribution in [2.45, 2.75) is 18.9 Å². The van der Waals surface area contributed by atoms with Crippen LogP contribution in [0.4, 0.5) is 5.69 Å². The predicted octanol–water partition coefficient (Wildman–Crippen LogP) is 3.37. The fourth-order valence-electron chi connectivity index (χ4n) is 4.11. The van der Waals surface area contributed by atoms with Gasteiger partial charge in [-0.1, -0.05) is 22.0 Å². The quantitative estimate of drug-likeness (QED) is 0.769. The third kappa shape index (κ3) is 4.40. The molecular formula is C22H26BrN3O2. The van der Waals surface area contributed by atoms with Crippen molar-refractivity contribution in [3.63, 3.8) is 0 Å². The standard InChI is InChI=1S/C22H26BrN3O2/c23-18-3-6-20-17(15-18)8-14-28-21(20)7-9-25-10-12-26(13-11-25)19-4-1-16(2-5-19)22(24)27/h1-6,15,21H,7-14H2,(H2,24,27)/t21-/m0/s1. The number of halogens is 1. The highest BCUT2D eigenvalue weighted by molar-refractivity contribution is 9.10. The summed E-state index contributed by atoms with van der Waals surface area (Å²) in [4.78, 5) is 16.1. The van der Waals surface area contributed by atoms with Crippen molar-refractivity contribution in [2.75, 3.05) is 44.2 Å². The Kier molecular flexibility index (Phi) is 5.99. The second-order valence-electron chi connectivity index (χ2n) is 7.48. The summed E-state index contributed by atoms with van der Waals surface area (Å²) in [5.74, 6) is -0.379. The molecule has 0 radical (unpaired) electrons. The Hall–Kier alpha value is -1.89. The fraction of sp³-hybridized carbons (Fsp3) is 0.409. The summed E-state index contributed by atoms with van der Waals surface area (Å²) in [5.41, 5.74) is 9.79. The van der Waals surface area contributed by atoms with Gasteiger partial charge in [-0.2, -0.15) is 0 Å². The average Bonchev–Trinajstić information content (AvgIpc) is 2.72. The first-order valence-electron chi connectivity index (χ1n) is 9.87. The van der Waals surface area contributed by atoms with Crippen molar-refractivity contribution in [3.8, 4) is 0 Å². The van der Waals surface area contributed by atoms with E-state index in [9.17, 15) is 4.79 Å². The van der Waals surface area contributed by atoms with Gasteiger partial charge in [0, 0.05) is 48.4 Å². The number of nitrogens with two attached hydrogens (primary N) is 1. The van der Waals surface area contributed by atoms with E-state index in [1.807, 2.05) is 12.1 Å². The van der Waals surface area contributed by atoms with E-state index in [1.165, 1.54) is 11.1 Å². The van der Waals surface area contributed by atoms with E-state index in [0.29, 0.717) is 5.56 Å². The number of fused-ring (bicyclic) bond motifs is 1. The molecule has 4 rings (SSSR count). The van der Waals surface area contributed by atoms with Gasteiger partial charge in [-0.25, -0.2) is 0 Å². The largest absolute Gasteiger partial charge is 0.373 e. The monoisotopic (exact) mass is 443 g/mol. The molecule has 148 valence electrons. The second-order valence-corrected chi connectivity index (χ2v) is 8.40. The van der Waals surface area contributed by atoms with Crippen LogP contribution in [0.5, 0.6) is 0 Å². The minimum absolute atomic E-state index is 0.205. The predicted molar refractivity (Wildman–Crippen MR) is 115 cm³/mol. The molecule has 0 saturated carbocycles. The van der Waals surface area contributed by atoms with Crippen molar-refractivity contribution < 1.29 is 9.53 Å². The zero-order valence-electron chi connectivity index (χ0n) is 15.9. The van der Waals surface area contributed by atoms with Crippen LogP contribution in [0, 0.1) is 0 Å². The van der Waals surface area contributed by atoms with E-state index in [4.69, 9.17) is 10.5 Å². The summed E-state index contributed by atoms with van der Waals surface area (Å²) in [7, 11) is 0. The molecule has 1 saturated heterocycles. The molecule has 2 aliphatic rings. The van der Waals surface area contributed by atoms with Crippen LogP contribution in [0.15, 0.2) is 46.9 Å². The fourth-order valence-corrected chi connectivity index (χ4v) is 4.52. The third-order valence-corrected chi connectivity index (χ3v) is 6.23. The Morgan fingerprint density at radius 2 is 1.86 bits per heavy atom. The summed E-state index contributed by atoms with van der Waals surface area (Å²) >= 11 is 3.57.